The van der Waals surface area contributed by atoms with Gasteiger partial charge in [-0.3, -0.25) is 14.4 Å². The number of carboxylic acids is 1. The van der Waals surface area contributed by atoms with Crippen LogP contribution < -0.4 is 0 Å². The molecule has 1 fully saturated rings. The number of carbonyl (C=O) groups is 3. The molecule has 2 rings (SSSR count). The first-order valence-corrected chi connectivity index (χ1v) is 9.59. The van der Waals surface area contributed by atoms with E-state index >= 15 is 0 Å². The van der Waals surface area contributed by atoms with Crippen LogP contribution in [0.4, 0.5) is 0 Å². The molecule has 2 unspecified atom stereocenters. The maximum absolute atomic E-state index is 13.0. The van der Waals surface area contributed by atoms with Gasteiger partial charge in [0.15, 0.2) is 0 Å². The van der Waals surface area contributed by atoms with Gasteiger partial charge >= 0.3 is 5.97 Å². The minimum absolute atomic E-state index is 0.0416. The molecule has 2 amide bonds. The van der Waals surface area contributed by atoms with Crippen molar-refractivity contribution in [2.45, 2.75) is 32.6 Å². The molecule has 0 aliphatic carbocycles. The summed E-state index contributed by atoms with van der Waals surface area (Å²) in [5.74, 6) is -2.12. The summed E-state index contributed by atoms with van der Waals surface area (Å²) in [7, 11) is 1.61. The van der Waals surface area contributed by atoms with Crippen LogP contribution in [0.2, 0.25) is 5.02 Å². The van der Waals surface area contributed by atoms with Crippen LogP contribution in [-0.4, -0.2) is 59.4 Å². The Labute approximate surface area is 165 Å². The summed E-state index contributed by atoms with van der Waals surface area (Å²) in [5, 5.41) is 9.74. The smallest absolute Gasteiger partial charge is 0.308 e. The summed E-state index contributed by atoms with van der Waals surface area (Å²) in [6, 6.07) is 7.22. The largest absolute Gasteiger partial charge is 0.481 e. The van der Waals surface area contributed by atoms with Crippen molar-refractivity contribution in [3.05, 3.63) is 34.9 Å². The standard InChI is InChI=1S/C20H27ClN2O4/c1-13(2)18(14-6-4-8-16(21)10-14)19(25)22(3)12-17(24)23-9-5-7-15(11-23)20(26)27/h4,6,8,10,13,15,18H,5,7,9,11-12H2,1-3H3,(H,26,27). The second kappa shape index (κ2) is 9.22. The van der Waals surface area contributed by atoms with Gasteiger partial charge in [-0.05, 0) is 36.5 Å². The number of nitrogens with zero attached hydrogens (tertiary/aromatic N) is 2. The van der Waals surface area contributed by atoms with Crippen molar-refractivity contribution in [3.63, 3.8) is 0 Å². The SMILES string of the molecule is CC(C)C(C(=O)N(C)CC(=O)N1CCCC(C(=O)O)C1)c1cccc(Cl)c1. The molecule has 1 aliphatic rings. The summed E-state index contributed by atoms with van der Waals surface area (Å²) >= 11 is 6.07. The number of rotatable bonds is 6. The predicted octanol–water partition coefficient (Wildman–Crippen LogP) is 2.86. The lowest BCUT2D eigenvalue weighted by molar-refractivity contribution is -0.147. The van der Waals surface area contributed by atoms with E-state index in [0.717, 1.165) is 5.56 Å². The summed E-state index contributed by atoms with van der Waals surface area (Å²) in [5.41, 5.74) is 0.825. The van der Waals surface area contributed by atoms with Crippen LogP contribution in [0, 0.1) is 11.8 Å². The maximum Gasteiger partial charge on any atom is 0.308 e. The average Bonchev–Trinajstić information content (AvgIpc) is 2.61. The van der Waals surface area contributed by atoms with E-state index in [1.54, 1.807) is 24.1 Å². The summed E-state index contributed by atoms with van der Waals surface area (Å²) < 4.78 is 0. The van der Waals surface area contributed by atoms with Crippen molar-refractivity contribution in [1.29, 1.82) is 0 Å². The summed E-state index contributed by atoms with van der Waals surface area (Å²) in [6.07, 6.45) is 1.25. The van der Waals surface area contributed by atoms with E-state index in [-0.39, 0.29) is 30.8 Å². The molecule has 0 bridgehead atoms. The number of carboxylic acid groups (broad SMARTS) is 1. The number of benzene rings is 1. The Morgan fingerprint density at radius 1 is 1.33 bits per heavy atom. The number of hydrogen-bond donors (Lipinski definition) is 1. The second-order valence-corrected chi connectivity index (χ2v) is 7.92. The third-order valence-corrected chi connectivity index (χ3v) is 5.25. The number of hydrogen-bond acceptors (Lipinski definition) is 3. The number of piperidine rings is 1. The van der Waals surface area contributed by atoms with E-state index < -0.39 is 17.8 Å². The first-order chi connectivity index (χ1) is 12.7. The molecule has 7 heteroatoms. The van der Waals surface area contributed by atoms with Crippen LogP contribution >= 0.6 is 11.6 Å². The van der Waals surface area contributed by atoms with Crippen LogP contribution in [0.3, 0.4) is 0 Å². The Hall–Kier alpha value is -2.08. The highest BCUT2D eigenvalue weighted by Gasteiger charge is 2.31. The zero-order valence-electron chi connectivity index (χ0n) is 16.0. The van der Waals surface area contributed by atoms with Gasteiger partial charge in [0.05, 0.1) is 18.4 Å². The van der Waals surface area contributed by atoms with E-state index in [1.165, 1.54) is 4.90 Å². The third kappa shape index (κ3) is 5.45. The highest BCUT2D eigenvalue weighted by molar-refractivity contribution is 6.30. The molecule has 0 radical (unpaired) electrons. The summed E-state index contributed by atoms with van der Waals surface area (Å²) in [6.45, 7) is 4.60. The molecule has 1 aromatic rings. The van der Waals surface area contributed by atoms with Crippen molar-refractivity contribution in [3.8, 4) is 0 Å². The van der Waals surface area contributed by atoms with Gasteiger partial charge in [-0.2, -0.15) is 0 Å². The Balaban J connectivity index is 2.06. The molecule has 2 atom stereocenters. The second-order valence-electron chi connectivity index (χ2n) is 7.49. The van der Waals surface area contributed by atoms with Gasteiger partial charge in [-0.15, -0.1) is 0 Å². The lowest BCUT2D eigenvalue weighted by atomic mass is 9.87. The number of halogens is 1. The van der Waals surface area contributed by atoms with E-state index in [0.29, 0.717) is 24.4 Å². The Kier molecular flexibility index (Phi) is 7.25. The van der Waals surface area contributed by atoms with Crippen molar-refractivity contribution in [1.82, 2.24) is 9.80 Å². The van der Waals surface area contributed by atoms with Crippen molar-refractivity contribution < 1.29 is 19.5 Å². The van der Waals surface area contributed by atoms with Crippen LogP contribution in [0.5, 0.6) is 0 Å². The fourth-order valence-electron chi connectivity index (χ4n) is 3.54. The van der Waals surface area contributed by atoms with Gasteiger partial charge in [0, 0.05) is 25.2 Å². The predicted molar refractivity (Wildman–Crippen MR) is 104 cm³/mol. The van der Waals surface area contributed by atoms with E-state index in [2.05, 4.69) is 0 Å². The van der Waals surface area contributed by atoms with Crippen LogP contribution in [0.1, 0.15) is 38.2 Å². The number of likely N-dealkylation sites (tertiary alicyclic amines) is 1. The highest BCUT2D eigenvalue weighted by atomic mass is 35.5. The first kappa shape index (κ1) is 21.2. The Bertz CT molecular complexity index is 707. The average molecular weight is 395 g/mol. The number of amides is 2. The topological polar surface area (TPSA) is 77.9 Å². The number of likely N-dealkylation sites (N-methyl/N-ethyl adjacent to an activating group) is 1. The minimum atomic E-state index is -0.877. The van der Waals surface area contributed by atoms with Gasteiger partial charge < -0.3 is 14.9 Å². The molecular weight excluding hydrogens is 368 g/mol. The van der Waals surface area contributed by atoms with Gasteiger partial charge in [0.2, 0.25) is 11.8 Å². The molecule has 0 saturated carbocycles. The van der Waals surface area contributed by atoms with Crippen molar-refractivity contribution in [2.75, 3.05) is 26.7 Å². The zero-order valence-corrected chi connectivity index (χ0v) is 16.8. The van der Waals surface area contributed by atoms with Crippen LogP contribution in [0.25, 0.3) is 0 Å². The molecule has 6 nitrogen and oxygen atoms in total. The number of carbonyl (C=O) groups excluding carboxylic acids is 2. The molecule has 1 aromatic carbocycles. The van der Waals surface area contributed by atoms with Crippen LogP contribution in [0.15, 0.2) is 24.3 Å². The zero-order chi connectivity index (χ0) is 20.1. The lowest BCUT2D eigenvalue weighted by Gasteiger charge is -2.33. The Morgan fingerprint density at radius 2 is 2.04 bits per heavy atom. The number of aliphatic carboxylic acids is 1. The molecule has 148 valence electrons. The normalized spacial score (nSPS) is 18.3. The van der Waals surface area contributed by atoms with Crippen LogP contribution in [-0.2, 0) is 14.4 Å². The minimum Gasteiger partial charge on any atom is -0.481 e. The molecule has 1 heterocycles. The van der Waals surface area contributed by atoms with Gasteiger partial charge in [0.25, 0.3) is 0 Å². The molecule has 0 spiro atoms. The highest BCUT2D eigenvalue weighted by Crippen LogP contribution is 2.28. The van der Waals surface area contributed by atoms with E-state index in [4.69, 9.17) is 11.6 Å². The summed E-state index contributed by atoms with van der Waals surface area (Å²) in [4.78, 5) is 39.8. The Morgan fingerprint density at radius 3 is 2.63 bits per heavy atom. The quantitative estimate of drug-likeness (QED) is 0.804. The van der Waals surface area contributed by atoms with Gasteiger partial charge in [-0.1, -0.05) is 37.6 Å². The molecule has 1 saturated heterocycles. The molecule has 27 heavy (non-hydrogen) atoms. The fraction of sp³-hybridized carbons (Fsp3) is 0.550. The van der Waals surface area contributed by atoms with E-state index in [1.807, 2.05) is 26.0 Å². The molecule has 1 N–H and O–H groups in total. The molecule has 1 aliphatic heterocycles. The van der Waals surface area contributed by atoms with E-state index in [9.17, 15) is 19.5 Å². The van der Waals surface area contributed by atoms with Crippen molar-refractivity contribution >= 4 is 29.4 Å². The van der Waals surface area contributed by atoms with Crippen molar-refractivity contribution in [2.24, 2.45) is 11.8 Å². The molecular formula is C20H27ClN2O4. The van der Waals surface area contributed by atoms with Gasteiger partial charge in [-0.25, -0.2) is 0 Å². The fourth-order valence-corrected chi connectivity index (χ4v) is 3.73. The first-order valence-electron chi connectivity index (χ1n) is 9.21. The maximum atomic E-state index is 13.0. The molecule has 0 aromatic heterocycles. The monoisotopic (exact) mass is 394 g/mol. The lowest BCUT2D eigenvalue weighted by Crippen LogP contribution is -2.47. The van der Waals surface area contributed by atoms with Gasteiger partial charge in [0.1, 0.15) is 0 Å². The third-order valence-electron chi connectivity index (χ3n) is 5.01.